The van der Waals surface area contributed by atoms with Crippen LogP contribution in [0.2, 0.25) is 0 Å². The van der Waals surface area contributed by atoms with E-state index in [9.17, 15) is 14.4 Å². The van der Waals surface area contributed by atoms with E-state index in [1.165, 1.54) is 0 Å². The van der Waals surface area contributed by atoms with Crippen molar-refractivity contribution in [2.24, 2.45) is 5.41 Å². The van der Waals surface area contributed by atoms with Crippen LogP contribution in [0.4, 0.5) is 4.79 Å². The summed E-state index contributed by atoms with van der Waals surface area (Å²) >= 11 is 0. The molecule has 0 unspecified atom stereocenters. The molecule has 1 aliphatic heterocycles. The molecule has 1 N–H and O–H groups in total. The van der Waals surface area contributed by atoms with Crippen molar-refractivity contribution >= 4 is 17.9 Å². The number of hydrogen-bond acceptors (Lipinski definition) is 4. The molecule has 0 radical (unpaired) electrons. The average molecular weight is 299 g/mol. The van der Waals surface area contributed by atoms with Gasteiger partial charge in [-0.25, -0.2) is 4.79 Å². The largest absolute Gasteiger partial charge is 0.450 e. The maximum Gasteiger partial charge on any atom is 0.409 e. The van der Waals surface area contributed by atoms with Crippen LogP contribution in [0.1, 0.15) is 27.7 Å². The predicted molar refractivity (Wildman–Crippen MR) is 77.6 cm³/mol. The Bertz CT molecular complexity index is 396. The zero-order chi connectivity index (χ0) is 16.0. The van der Waals surface area contributed by atoms with Gasteiger partial charge in [0.15, 0.2) is 0 Å². The first-order valence-corrected chi connectivity index (χ1v) is 7.23. The van der Waals surface area contributed by atoms with Crippen LogP contribution >= 0.6 is 0 Å². The summed E-state index contributed by atoms with van der Waals surface area (Å²) in [5.74, 6) is -0.280. The molecule has 1 rings (SSSR count). The molecular weight excluding hydrogens is 274 g/mol. The summed E-state index contributed by atoms with van der Waals surface area (Å²) in [7, 11) is 0. The van der Waals surface area contributed by atoms with E-state index >= 15 is 0 Å². The Morgan fingerprint density at radius 1 is 1.05 bits per heavy atom. The molecular formula is C14H25N3O4. The van der Waals surface area contributed by atoms with Crippen molar-refractivity contribution in [3.63, 3.8) is 0 Å². The molecule has 0 aliphatic carbocycles. The van der Waals surface area contributed by atoms with E-state index in [4.69, 9.17) is 4.74 Å². The van der Waals surface area contributed by atoms with Gasteiger partial charge in [0.25, 0.3) is 0 Å². The molecule has 0 bridgehead atoms. The van der Waals surface area contributed by atoms with Crippen LogP contribution in [-0.4, -0.2) is 67.0 Å². The van der Waals surface area contributed by atoms with Crippen molar-refractivity contribution in [3.05, 3.63) is 0 Å². The van der Waals surface area contributed by atoms with E-state index in [-0.39, 0.29) is 24.5 Å². The maximum atomic E-state index is 12.0. The van der Waals surface area contributed by atoms with Gasteiger partial charge < -0.3 is 19.9 Å². The van der Waals surface area contributed by atoms with Crippen LogP contribution in [0, 0.1) is 5.41 Å². The van der Waals surface area contributed by atoms with Gasteiger partial charge in [-0.1, -0.05) is 20.8 Å². The quantitative estimate of drug-likeness (QED) is 0.820. The standard InChI is InChI=1S/C14H25N3O4/c1-5-21-13(20)17-8-6-16(7-9-17)11(18)10-15-12(19)14(2,3)4/h5-10H2,1-4H3,(H,15,19). The summed E-state index contributed by atoms with van der Waals surface area (Å²) in [6.45, 7) is 9.32. The topological polar surface area (TPSA) is 79.0 Å². The first-order chi connectivity index (χ1) is 9.75. The van der Waals surface area contributed by atoms with E-state index in [1.54, 1.807) is 37.5 Å². The lowest BCUT2D eigenvalue weighted by molar-refractivity contribution is -0.136. The second-order valence-electron chi connectivity index (χ2n) is 6.00. The van der Waals surface area contributed by atoms with Crippen LogP contribution < -0.4 is 5.32 Å². The first-order valence-electron chi connectivity index (χ1n) is 7.23. The van der Waals surface area contributed by atoms with Crippen LogP contribution in [0.15, 0.2) is 0 Å². The molecule has 1 saturated heterocycles. The number of ether oxygens (including phenoxy) is 1. The molecule has 120 valence electrons. The van der Waals surface area contributed by atoms with Crippen molar-refractivity contribution in [1.82, 2.24) is 15.1 Å². The van der Waals surface area contributed by atoms with Gasteiger partial charge in [-0.15, -0.1) is 0 Å². The van der Waals surface area contributed by atoms with Gasteiger partial charge in [0, 0.05) is 31.6 Å². The third-order valence-corrected chi connectivity index (χ3v) is 3.24. The Morgan fingerprint density at radius 2 is 1.57 bits per heavy atom. The highest BCUT2D eigenvalue weighted by Gasteiger charge is 2.26. The van der Waals surface area contributed by atoms with Crippen LogP contribution in [0.5, 0.6) is 0 Å². The molecule has 3 amide bonds. The zero-order valence-corrected chi connectivity index (χ0v) is 13.3. The number of amides is 3. The molecule has 0 aromatic rings. The Kier molecular flexibility index (Phi) is 5.99. The molecule has 1 aliphatic rings. The van der Waals surface area contributed by atoms with Gasteiger partial charge in [-0.05, 0) is 6.92 Å². The molecule has 1 heterocycles. The molecule has 0 spiro atoms. The van der Waals surface area contributed by atoms with E-state index in [0.717, 1.165) is 0 Å². The molecule has 0 aromatic carbocycles. The lowest BCUT2D eigenvalue weighted by atomic mass is 9.96. The Balaban J connectivity index is 2.35. The number of carbonyl (C=O) groups excluding carboxylic acids is 3. The third kappa shape index (κ3) is 5.24. The number of carbonyl (C=O) groups is 3. The summed E-state index contributed by atoms with van der Waals surface area (Å²) < 4.78 is 4.92. The zero-order valence-electron chi connectivity index (χ0n) is 13.3. The fraction of sp³-hybridized carbons (Fsp3) is 0.786. The minimum absolute atomic E-state index is 0.00445. The summed E-state index contributed by atoms with van der Waals surface area (Å²) in [6, 6.07) is 0. The highest BCUT2D eigenvalue weighted by molar-refractivity contribution is 5.87. The summed E-state index contributed by atoms with van der Waals surface area (Å²) in [5, 5.41) is 2.64. The number of rotatable bonds is 3. The van der Waals surface area contributed by atoms with Crippen LogP contribution in [-0.2, 0) is 14.3 Å². The third-order valence-electron chi connectivity index (χ3n) is 3.24. The molecule has 0 aromatic heterocycles. The minimum atomic E-state index is -0.511. The smallest absolute Gasteiger partial charge is 0.409 e. The Labute approximate surface area is 125 Å². The van der Waals surface area contributed by atoms with Crippen molar-refractivity contribution in [2.75, 3.05) is 39.3 Å². The van der Waals surface area contributed by atoms with E-state index < -0.39 is 5.41 Å². The van der Waals surface area contributed by atoms with Crippen LogP contribution in [0.25, 0.3) is 0 Å². The lowest BCUT2D eigenvalue weighted by Crippen LogP contribution is -2.53. The van der Waals surface area contributed by atoms with Crippen LogP contribution in [0.3, 0.4) is 0 Å². The highest BCUT2D eigenvalue weighted by atomic mass is 16.6. The molecule has 21 heavy (non-hydrogen) atoms. The van der Waals surface area contributed by atoms with Crippen molar-refractivity contribution in [3.8, 4) is 0 Å². The van der Waals surface area contributed by atoms with E-state index in [2.05, 4.69) is 5.32 Å². The van der Waals surface area contributed by atoms with Gasteiger partial charge in [0.2, 0.25) is 11.8 Å². The van der Waals surface area contributed by atoms with Gasteiger partial charge in [0.1, 0.15) is 0 Å². The molecule has 7 nitrogen and oxygen atoms in total. The SMILES string of the molecule is CCOC(=O)N1CCN(C(=O)CNC(=O)C(C)(C)C)CC1. The minimum Gasteiger partial charge on any atom is -0.450 e. The fourth-order valence-corrected chi connectivity index (χ4v) is 1.89. The Hall–Kier alpha value is -1.79. The van der Waals surface area contributed by atoms with E-state index in [1.807, 2.05) is 0 Å². The normalized spacial score (nSPS) is 15.6. The lowest BCUT2D eigenvalue weighted by Gasteiger charge is -2.34. The summed E-state index contributed by atoms with van der Waals surface area (Å²) in [6.07, 6.45) is -0.342. The fourth-order valence-electron chi connectivity index (χ4n) is 1.89. The van der Waals surface area contributed by atoms with Crippen molar-refractivity contribution < 1.29 is 19.1 Å². The predicted octanol–water partition coefficient (Wildman–Crippen LogP) is 0.449. The van der Waals surface area contributed by atoms with Gasteiger partial charge in [-0.2, -0.15) is 0 Å². The number of nitrogens with zero attached hydrogens (tertiary/aromatic N) is 2. The molecule has 0 atom stereocenters. The highest BCUT2D eigenvalue weighted by Crippen LogP contribution is 2.12. The average Bonchev–Trinajstić information content (AvgIpc) is 2.43. The maximum absolute atomic E-state index is 12.0. The molecule has 0 saturated carbocycles. The number of hydrogen-bond donors (Lipinski definition) is 1. The van der Waals surface area contributed by atoms with Crippen molar-refractivity contribution in [1.29, 1.82) is 0 Å². The van der Waals surface area contributed by atoms with E-state index in [0.29, 0.717) is 32.8 Å². The van der Waals surface area contributed by atoms with Gasteiger partial charge in [-0.3, -0.25) is 9.59 Å². The van der Waals surface area contributed by atoms with Gasteiger partial charge >= 0.3 is 6.09 Å². The monoisotopic (exact) mass is 299 g/mol. The molecule has 7 heteroatoms. The Morgan fingerprint density at radius 3 is 2.05 bits per heavy atom. The van der Waals surface area contributed by atoms with Crippen molar-refractivity contribution in [2.45, 2.75) is 27.7 Å². The molecule has 1 fully saturated rings. The van der Waals surface area contributed by atoms with Gasteiger partial charge in [0.05, 0.1) is 13.2 Å². The number of piperazine rings is 1. The second-order valence-corrected chi connectivity index (χ2v) is 6.00. The summed E-state index contributed by atoms with van der Waals surface area (Å²) in [4.78, 5) is 38.5. The second kappa shape index (κ2) is 7.28. The summed E-state index contributed by atoms with van der Waals surface area (Å²) in [5.41, 5.74) is -0.511. The number of nitrogens with one attached hydrogen (secondary N) is 1. The first kappa shape index (κ1) is 17.3.